The Morgan fingerprint density at radius 1 is 1.30 bits per heavy atom. The van der Waals surface area contributed by atoms with Gasteiger partial charge in [-0.05, 0) is 43.7 Å². The van der Waals surface area contributed by atoms with Gasteiger partial charge in [0.25, 0.3) is 0 Å². The van der Waals surface area contributed by atoms with Crippen LogP contribution in [-0.4, -0.2) is 8.42 Å². The highest BCUT2D eigenvalue weighted by molar-refractivity contribution is 7.89. The van der Waals surface area contributed by atoms with E-state index in [-0.39, 0.29) is 10.9 Å². The van der Waals surface area contributed by atoms with Crippen molar-refractivity contribution in [3.8, 4) is 0 Å². The first-order valence-electron chi connectivity index (χ1n) is 6.28. The van der Waals surface area contributed by atoms with E-state index in [2.05, 4.69) is 31.3 Å². The molecular weight excluding hydrogens is 292 g/mol. The summed E-state index contributed by atoms with van der Waals surface area (Å²) in [6.45, 7) is 4.77. The Morgan fingerprint density at radius 3 is 2.65 bits per heavy atom. The lowest BCUT2D eigenvalue weighted by atomic mass is 10.2. The highest BCUT2D eigenvalue weighted by Gasteiger charge is 2.10. The van der Waals surface area contributed by atoms with Crippen LogP contribution in [0.4, 0.5) is 0 Å². The van der Waals surface area contributed by atoms with Crippen LogP contribution in [-0.2, 0) is 16.6 Å². The van der Waals surface area contributed by atoms with Crippen LogP contribution in [0, 0.1) is 6.92 Å². The zero-order valence-electron chi connectivity index (χ0n) is 11.5. The molecule has 1 atom stereocenters. The minimum atomic E-state index is -3.64. The predicted molar refractivity (Wildman–Crippen MR) is 82.1 cm³/mol. The van der Waals surface area contributed by atoms with Crippen molar-refractivity contribution in [2.75, 3.05) is 0 Å². The maximum Gasteiger partial charge on any atom is 0.238 e. The molecule has 0 aliphatic rings. The van der Waals surface area contributed by atoms with Crippen LogP contribution in [0.25, 0.3) is 0 Å². The third kappa shape index (κ3) is 3.89. The molecule has 108 valence electrons. The van der Waals surface area contributed by atoms with Gasteiger partial charge in [-0.2, -0.15) is 0 Å². The molecule has 6 heteroatoms. The van der Waals surface area contributed by atoms with E-state index in [1.807, 2.05) is 6.07 Å². The average Bonchev–Trinajstić information content (AvgIpc) is 2.82. The number of thiophene rings is 1. The van der Waals surface area contributed by atoms with E-state index in [0.717, 1.165) is 5.56 Å². The molecule has 1 unspecified atom stereocenters. The van der Waals surface area contributed by atoms with Crippen molar-refractivity contribution < 1.29 is 8.42 Å². The molecule has 2 rings (SSSR count). The molecule has 0 radical (unpaired) electrons. The molecule has 0 saturated heterocycles. The Morgan fingerprint density at radius 2 is 2.05 bits per heavy atom. The topological polar surface area (TPSA) is 72.2 Å². The minimum Gasteiger partial charge on any atom is -0.305 e. The maximum atomic E-state index is 11.3. The van der Waals surface area contributed by atoms with Crippen LogP contribution in [0.15, 0.2) is 41.3 Å². The lowest BCUT2D eigenvalue weighted by Gasteiger charge is -2.12. The van der Waals surface area contributed by atoms with E-state index in [0.29, 0.717) is 6.54 Å². The lowest BCUT2D eigenvalue weighted by molar-refractivity contribution is 0.581. The average molecular weight is 310 g/mol. The minimum absolute atomic E-state index is 0.149. The summed E-state index contributed by atoms with van der Waals surface area (Å²) >= 11 is 1.76. The first-order chi connectivity index (χ1) is 9.36. The van der Waals surface area contributed by atoms with E-state index in [1.54, 1.807) is 23.5 Å². The van der Waals surface area contributed by atoms with Gasteiger partial charge in [0.05, 0.1) is 4.90 Å². The molecule has 2 aromatic rings. The smallest absolute Gasteiger partial charge is 0.238 e. The largest absolute Gasteiger partial charge is 0.305 e. The fraction of sp³-hybridized carbons (Fsp3) is 0.286. The van der Waals surface area contributed by atoms with Gasteiger partial charge in [0.2, 0.25) is 10.0 Å². The van der Waals surface area contributed by atoms with Crippen LogP contribution in [0.3, 0.4) is 0 Å². The van der Waals surface area contributed by atoms with E-state index in [9.17, 15) is 8.42 Å². The third-order valence-corrected chi connectivity index (χ3v) is 5.12. The molecule has 0 aliphatic heterocycles. The van der Waals surface area contributed by atoms with Crippen molar-refractivity contribution >= 4 is 21.4 Å². The SMILES string of the molecule is Cc1ccc(C(C)NCc2cccc(S(N)(=O)=O)c2)s1. The Balaban J connectivity index is 2.04. The van der Waals surface area contributed by atoms with E-state index >= 15 is 0 Å². The first kappa shape index (κ1) is 15.2. The van der Waals surface area contributed by atoms with Gasteiger partial charge in [-0.15, -0.1) is 11.3 Å². The van der Waals surface area contributed by atoms with Crippen LogP contribution in [0.1, 0.15) is 28.3 Å². The van der Waals surface area contributed by atoms with Crippen molar-refractivity contribution in [3.05, 3.63) is 51.7 Å². The molecule has 0 spiro atoms. The quantitative estimate of drug-likeness (QED) is 0.891. The van der Waals surface area contributed by atoms with Crippen LogP contribution in [0.5, 0.6) is 0 Å². The second-order valence-electron chi connectivity index (χ2n) is 4.74. The number of rotatable bonds is 5. The Labute approximate surface area is 123 Å². The molecule has 1 heterocycles. The third-order valence-electron chi connectivity index (χ3n) is 3.03. The molecule has 0 bridgehead atoms. The molecule has 3 N–H and O–H groups in total. The van der Waals surface area contributed by atoms with E-state index < -0.39 is 10.0 Å². The Kier molecular flexibility index (Phi) is 4.59. The second kappa shape index (κ2) is 6.05. The number of nitrogens with two attached hydrogens (primary N) is 1. The number of sulfonamides is 1. The van der Waals surface area contributed by atoms with E-state index in [1.165, 1.54) is 15.8 Å². The van der Waals surface area contributed by atoms with Crippen LogP contribution < -0.4 is 10.5 Å². The summed E-state index contributed by atoms with van der Waals surface area (Å²) in [5.41, 5.74) is 0.900. The number of aryl methyl sites for hydroxylation is 1. The molecule has 0 fully saturated rings. The fourth-order valence-corrected chi connectivity index (χ4v) is 3.38. The first-order valence-corrected chi connectivity index (χ1v) is 8.64. The summed E-state index contributed by atoms with van der Waals surface area (Å²) in [4.78, 5) is 2.70. The predicted octanol–water partition coefficient (Wildman–Crippen LogP) is 2.55. The number of benzene rings is 1. The van der Waals surface area contributed by atoms with E-state index in [4.69, 9.17) is 5.14 Å². The fourth-order valence-electron chi connectivity index (χ4n) is 1.89. The Bertz CT molecular complexity index is 693. The molecule has 1 aromatic carbocycles. The molecule has 1 aromatic heterocycles. The van der Waals surface area contributed by atoms with Crippen molar-refractivity contribution in [1.82, 2.24) is 5.32 Å². The molecule has 0 amide bonds. The van der Waals surface area contributed by atoms with Gasteiger partial charge in [0, 0.05) is 22.3 Å². The summed E-state index contributed by atoms with van der Waals surface area (Å²) in [5.74, 6) is 0. The normalized spacial score (nSPS) is 13.3. The zero-order valence-corrected chi connectivity index (χ0v) is 13.1. The summed E-state index contributed by atoms with van der Waals surface area (Å²) in [5, 5.41) is 8.51. The van der Waals surface area contributed by atoms with Crippen LogP contribution >= 0.6 is 11.3 Å². The second-order valence-corrected chi connectivity index (χ2v) is 7.62. The van der Waals surface area contributed by atoms with Crippen molar-refractivity contribution in [1.29, 1.82) is 0 Å². The summed E-state index contributed by atoms with van der Waals surface area (Å²) in [6, 6.07) is 11.1. The summed E-state index contributed by atoms with van der Waals surface area (Å²) < 4.78 is 22.6. The number of hydrogen-bond acceptors (Lipinski definition) is 4. The number of primary sulfonamides is 1. The maximum absolute atomic E-state index is 11.3. The number of nitrogens with one attached hydrogen (secondary N) is 1. The standard InChI is InChI=1S/C14H18N2O2S2/c1-10-6-7-14(19-10)11(2)16-9-12-4-3-5-13(8-12)20(15,17)18/h3-8,11,16H,9H2,1-2H3,(H2,15,17,18). The van der Waals surface area contributed by atoms with Gasteiger partial charge in [0.15, 0.2) is 0 Å². The van der Waals surface area contributed by atoms with Gasteiger partial charge in [-0.1, -0.05) is 12.1 Å². The van der Waals surface area contributed by atoms with Gasteiger partial charge in [0.1, 0.15) is 0 Å². The van der Waals surface area contributed by atoms with Gasteiger partial charge < -0.3 is 5.32 Å². The molecule has 20 heavy (non-hydrogen) atoms. The Hall–Kier alpha value is -1.21. The highest BCUT2D eigenvalue weighted by Crippen LogP contribution is 2.22. The molecule has 0 aliphatic carbocycles. The van der Waals surface area contributed by atoms with Crippen LogP contribution in [0.2, 0.25) is 0 Å². The monoisotopic (exact) mass is 310 g/mol. The molecular formula is C14H18N2O2S2. The summed E-state index contributed by atoms with van der Waals surface area (Å²) in [7, 11) is -3.64. The highest BCUT2D eigenvalue weighted by atomic mass is 32.2. The number of hydrogen-bond donors (Lipinski definition) is 2. The van der Waals surface area contributed by atoms with Crippen molar-refractivity contribution in [3.63, 3.8) is 0 Å². The molecule has 4 nitrogen and oxygen atoms in total. The van der Waals surface area contributed by atoms with Crippen molar-refractivity contribution in [2.24, 2.45) is 5.14 Å². The zero-order chi connectivity index (χ0) is 14.8. The van der Waals surface area contributed by atoms with Gasteiger partial charge in [-0.3, -0.25) is 0 Å². The summed E-state index contributed by atoms with van der Waals surface area (Å²) in [6.07, 6.45) is 0. The molecule has 0 saturated carbocycles. The van der Waals surface area contributed by atoms with Crippen molar-refractivity contribution in [2.45, 2.75) is 31.3 Å². The van der Waals surface area contributed by atoms with Gasteiger partial charge >= 0.3 is 0 Å². The lowest BCUT2D eigenvalue weighted by Crippen LogP contribution is -2.18. The van der Waals surface area contributed by atoms with Gasteiger partial charge in [-0.25, -0.2) is 13.6 Å².